The van der Waals surface area contributed by atoms with E-state index in [1.165, 1.54) is 12.1 Å². The third-order valence-corrected chi connectivity index (χ3v) is 3.47. The maximum absolute atomic E-state index is 14.3. The van der Waals surface area contributed by atoms with Crippen LogP contribution in [0.1, 0.15) is 44.0 Å². The number of carbonyl (C=O) groups excluding carboxylic acids is 1. The van der Waals surface area contributed by atoms with E-state index < -0.39 is 5.97 Å². The molecule has 1 aromatic rings. The van der Waals surface area contributed by atoms with Crippen LogP contribution in [0.15, 0.2) is 12.1 Å². The number of carbonyl (C=O) groups is 1. The zero-order chi connectivity index (χ0) is 15.6. The van der Waals surface area contributed by atoms with Crippen molar-refractivity contribution in [2.24, 2.45) is 5.92 Å². The Labute approximate surface area is 125 Å². The minimum absolute atomic E-state index is 0.120. The van der Waals surface area contributed by atoms with Gasteiger partial charge in [-0.25, -0.2) is 9.18 Å². The van der Waals surface area contributed by atoms with E-state index in [1.54, 1.807) is 6.92 Å². The molecular formula is C16H23FN2O2. The Bertz CT molecular complexity index is 527. The van der Waals surface area contributed by atoms with Gasteiger partial charge in [0.2, 0.25) is 0 Å². The van der Waals surface area contributed by atoms with Crippen molar-refractivity contribution in [3.8, 4) is 0 Å². The first-order valence-electron chi connectivity index (χ1n) is 7.46. The number of hydrogen-bond donors (Lipinski definition) is 1. The van der Waals surface area contributed by atoms with Gasteiger partial charge in [-0.3, -0.25) is 0 Å². The molecular weight excluding hydrogens is 271 g/mol. The van der Waals surface area contributed by atoms with Crippen molar-refractivity contribution in [2.45, 2.75) is 39.7 Å². The van der Waals surface area contributed by atoms with Crippen molar-refractivity contribution in [3.05, 3.63) is 23.5 Å². The molecule has 1 aromatic carbocycles. The minimum Gasteiger partial charge on any atom is -0.462 e. The number of esters is 1. The average Bonchev–Trinajstić information content (AvgIpc) is 3.20. The maximum Gasteiger partial charge on any atom is 0.340 e. The zero-order valence-corrected chi connectivity index (χ0v) is 12.9. The summed E-state index contributed by atoms with van der Waals surface area (Å²) in [6.45, 7) is 6.94. The molecule has 2 rings (SSSR count). The normalized spacial score (nSPS) is 14.3. The van der Waals surface area contributed by atoms with Crippen LogP contribution >= 0.6 is 0 Å². The summed E-state index contributed by atoms with van der Waals surface area (Å²) in [7, 11) is 0. The van der Waals surface area contributed by atoms with Gasteiger partial charge in [0.05, 0.1) is 17.9 Å². The van der Waals surface area contributed by atoms with Crippen LogP contribution in [-0.4, -0.2) is 25.2 Å². The number of ether oxygens (including phenoxy) is 1. The van der Waals surface area contributed by atoms with E-state index >= 15 is 0 Å². The molecule has 116 valence electrons. The fourth-order valence-electron chi connectivity index (χ4n) is 2.41. The molecule has 0 aromatic heterocycles. The number of hydrogen-bond acceptors (Lipinski definition) is 4. The largest absolute Gasteiger partial charge is 0.462 e. The summed E-state index contributed by atoms with van der Waals surface area (Å²) < 4.78 is 19.3. The number of nitrogen functional groups attached to an aromatic ring is 1. The van der Waals surface area contributed by atoms with E-state index in [0.717, 1.165) is 19.4 Å². The Kier molecular flexibility index (Phi) is 4.70. The van der Waals surface area contributed by atoms with Gasteiger partial charge in [0.15, 0.2) is 0 Å². The van der Waals surface area contributed by atoms with Crippen molar-refractivity contribution in [1.82, 2.24) is 0 Å². The average molecular weight is 294 g/mol. The van der Waals surface area contributed by atoms with Gasteiger partial charge >= 0.3 is 5.97 Å². The smallest absolute Gasteiger partial charge is 0.340 e. The molecule has 0 spiro atoms. The van der Waals surface area contributed by atoms with Gasteiger partial charge in [-0.15, -0.1) is 0 Å². The molecule has 1 aliphatic rings. The molecule has 5 heteroatoms. The molecule has 0 radical (unpaired) electrons. The van der Waals surface area contributed by atoms with Crippen LogP contribution in [0.3, 0.4) is 0 Å². The van der Waals surface area contributed by atoms with E-state index in [-0.39, 0.29) is 23.7 Å². The van der Waals surface area contributed by atoms with Gasteiger partial charge in [-0.05, 0) is 37.8 Å². The van der Waals surface area contributed by atoms with E-state index in [1.807, 2.05) is 4.90 Å². The summed E-state index contributed by atoms with van der Waals surface area (Å²) in [5, 5.41) is 0. The first-order valence-corrected chi connectivity index (χ1v) is 7.46. The number of rotatable bonds is 6. The maximum atomic E-state index is 14.3. The minimum atomic E-state index is -0.503. The quantitative estimate of drug-likeness (QED) is 0.646. The number of halogens is 1. The summed E-state index contributed by atoms with van der Waals surface area (Å²) in [5.41, 5.74) is 6.56. The molecule has 21 heavy (non-hydrogen) atoms. The third-order valence-electron chi connectivity index (χ3n) is 3.47. The Morgan fingerprint density at radius 2 is 2.14 bits per heavy atom. The Balaban J connectivity index is 2.37. The van der Waals surface area contributed by atoms with E-state index in [2.05, 4.69) is 13.8 Å². The molecule has 0 amide bonds. The molecule has 0 aliphatic heterocycles. The fourth-order valence-corrected chi connectivity index (χ4v) is 2.41. The molecule has 1 saturated carbocycles. The monoisotopic (exact) mass is 294 g/mol. The first kappa shape index (κ1) is 15.6. The molecule has 1 fully saturated rings. The second-order valence-electron chi connectivity index (χ2n) is 5.89. The van der Waals surface area contributed by atoms with Crippen LogP contribution in [0.4, 0.5) is 15.8 Å². The molecule has 0 saturated heterocycles. The summed E-state index contributed by atoms with van der Waals surface area (Å²) in [6.07, 6.45) is 2.12. The number of nitrogens with two attached hydrogens (primary N) is 1. The van der Waals surface area contributed by atoms with Crippen molar-refractivity contribution >= 4 is 17.3 Å². The molecule has 1 aliphatic carbocycles. The zero-order valence-electron chi connectivity index (χ0n) is 12.9. The predicted molar refractivity (Wildman–Crippen MR) is 82.0 cm³/mol. The number of nitrogens with zero attached hydrogens (tertiary/aromatic N) is 1. The number of anilines is 2. The molecule has 0 unspecified atom stereocenters. The van der Waals surface area contributed by atoms with Gasteiger partial charge in [-0.2, -0.15) is 0 Å². The summed E-state index contributed by atoms with van der Waals surface area (Å²) in [4.78, 5) is 14.0. The lowest BCUT2D eigenvalue weighted by Crippen LogP contribution is -2.31. The second-order valence-corrected chi connectivity index (χ2v) is 5.89. The van der Waals surface area contributed by atoms with Crippen LogP contribution in [0.2, 0.25) is 0 Å². The lowest BCUT2D eigenvalue weighted by Gasteiger charge is -2.27. The van der Waals surface area contributed by atoms with Crippen LogP contribution in [0.5, 0.6) is 0 Å². The number of benzene rings is 1. The molecule has 2 N–H and O–H groups in total. The highest BCUT2D eigenvalue weighted by molar-refractivity contribution is 5.96. The molecule has 0 bridgehead atoms. The van der Waals surface area contributed by atoms with Gasteiger partial charge in [0.25, 0.3) is 0 Å². The highest BCUT2D eigenvalue weighted by Crippen LogP contribution is 2.35. The lowest BCUT2D eigenvalue weighted by molar-refractivity contribution is 0.0527. The second kappa shape index (κ2) is 6.33. The van der Waals surface area contributed by atoms with Crippen LogP contribution in [0, 0.1) is 11.7 Å². The summed E-state index contributed by atoms with van der Waals surface area (Å²) in [6, 6.07) is 3.11. The van der Waals surface area contributed by atoms with Crippen LogP contribution in [-0.2, 0) is 4.74 Å². The van der Waals surface area contributed by atoms with E-state index in [9.17, 15) is 9.18 Å². The van der Waals surface area contributed by atoms with Gasteiger partial charge in [0.1, 0.15) is 5.82 Å². The van der Waals surface area contributed by atoms with Crippen LogP contribution in [0.25, 0.3) is 0 Å². The van der Waals surface area contributed by atoms with E-state index in [0.29, 0.717) is 17.6 Å². The topological polar surface area (TPSA) is 55.6 Å². The predicted octanol–water partition coefficient (Wildman–Crippen LogP) is 3.21. The fraction of sp³-hybridized carbons (Fsp3) is 0.562. The first-order chi connectivity index (χ1) is 9.93. The molecule has 0 heterocycles. The van der Waals surface area contributed by atoms with Crippen molar-refractivity contribution < 1.29 is 13.9 Å². The van der Waals surface area contributed by atoms with Gasteiger partial charge < -0.3 is 15.4 Å². The Morgan fingerprint density at radius 1 is 1.48 bits per heavy atom. The summed E-state index contributed by atoms with van der Waals surface area (Å²) >= 11 is 0. The Hall–Kier alpha value is -1.78. The van der Waals surface area contributed by atoms with Gasteiger partial charge in [-0.1, -0.05) is 13.8 Å². The highest BCUT2D eigenvalue weighted by Gasteiger charge is 2.32. The third kappa shape index (κ3) is 3.65. The van der Waals surface area contributed by atoms with Crippen molar-refractivity contribution in [2.75, 3.05) is 23.8 Å². The molecule has 4 nitrogen and oxygen atoms in total. The van der Waals surface area contributed by atoms with Crippen LogP contribution < -0.4 is 10.6 Å². The highest BCUT2D eigenvalue weighted by atomic mass is 19.1. The van der Waals surface area contributed by atoms with Crippen molar-refractivity contribution in [1.29, 1.82) is 0 Å². The van der Waals surface area contributed by atoms with Gasteiger partial charge in [0, 0.05) is 18.3 Å². The lowest BCUT2D eigenvalue weighted by atomic mass is 10.1. The molecule has 0 atom stereocenters. The van der Waals surface area contributed by atoms with E-state index in [4.69, 9.17) is 10.5 Å². The standard InChI is InChI=1S/C16H23FN2O2/c1-4-21-16(20)12-7-15(13(17)8-14(12)18)19(9-10(2)3)11-5-6-11/h7-8,10-11H,4-6,9,18H2,1-3H3. The summed E-state index contributed by atoms with van der Waals surface area (Å²) in [5.74, 6) is -0.474. The SMILES string of the molecule is CCOC(=O)c1cc(N(CC(C)C)C2CC2)c(F)cc1N. The van der Waals surface area contributed by atoms with Crippen molar-refractivity contribution in [3.63, 3.8) is 0 Å². The Morgan fingerprint density at radius 3 is 2.67 bits per heavy atom.